The Kier molecular flexibility index (Phi) is 15.7. The Labute approximate surface area is 455 Å². The van der Waals surface area contributed by atoms with E-state index in [0.29, 0.717) is 56.3 Å². The van der Waals surface area contributed by atoms with E-state index >= 15 is 8.78 Å². The van der Waals surface area contributed by atoms with Crippen molar-refractivity contribution in [3.63, 3.8) is 0 Å². The first-order valence-electron chi connectivity index (χ1n) is 28.0. The summed E-state index contributed by atoms with van der Waals surface area (Å²) in [5.41, 5.74) is -10.3. The number of amides is 3. The smallest absolute Gasteiger partial charge is 0.253 e. The maximum absolute atomic E-state index is 18.0. The van der Waals surface area contributed by atoms with Gasteiger partial charge in [0, 0.05) is 46.6 Å². The lowest BCUT2D eigenvalue weighted by Gasteiger charge is -2.62. The summed E-state index contributed by atoms with van der Waals surface area (Å²) in [7, 11) is 0. The fourth-order valence-electron chi connectivity index (χ4n) is 17.1. The van der Waals surface area contributed by atoms with Crippen molar-refractivity contribution in [1.82, 2.24) is 16.2 Å². The van der Waals surface area contributed by atoms with Gasteiger partial charge >= 0.3 is 0 Å². The first-order valence-corrected chi connectivity index (χ1v) is 28.0. The second kappa shape index (κ2) is 20.5. The Bertz CT molecular complexity index is 2510. The molecule has 78 heavy (non-hydrogen) atoms. The molecule has 8 aliphatic carbocycles. The summed E-state index contributed by atoms with van der Waals surface area (Å²) in [5.74, 6) is -8.05. The van der Waals surface area contributed by atoms with Crippen molar-refractivity contribution in [3.8, 4) is 0 Å². The van der Waals surface area contributed by atoms with Gasteiger partial charge in [-0.1, -0.05) is 57.9 Å². The molecule has 0 aromatic heterocycles. The van der Waals surface area contributed by atoms with Crippen LogP contribution in [0.2, 0.25) is 0 Å². The predicted molar refractivity (Wildman–Crippen MR) is 283 cm³/mol. The van der Waals surface area contributed by atoms with Crippen LogP contribution < -0.4 is 16.2 Å². The monoisotopic (exact) mass is 1100 g/mol. The van der Waals surface area contributed by atoms with Crippen LogP contribution in [0.3, 0.4) is 0 Å². The molecule has 17 atom stereocenters. The van der Waals surface area contributed by atoms with Gasteiger partial charge in [0.15, 0.2) is 28.5 Å². The van der Waals surface area contributed by atoms with Crippen LogP contribution in [0.4, 0.5) is 8.78 Å². The molecule has 0 aromatic carbocycles. The highest BCUT2D eigenvalue weighted by Gasteiger charge is 2.77. The Balaban J connectivity index is 0.967. The van der Waals surface area contributed by atoms with Crippen LogP contribution in [-0.2, 0) is 28.7 Å². The van der Waals surface area contributed by atoms with E-state index in [-0.39, 0.29) is 43.7 Å². The fraction of sp³-hybridized carbons (Fsp3) is 0.741. The molecule has 0 bridgehead atoms. The standard InChI is InChI=1S/C58H83F2N5O13/c1-10-49(5,78-11-2)20-21-61-48(74)54(75,28-46(72)64-62-36-16-18-50(6)34(24-36)12-14-38-40-22-32(3)57(76,44(70)30-66)52(40,8)26-42(68)55(38,50)59)29-47(73)65-63-37-17-19-51(7)35(25-37)13-15-39-41-23-33(4)58(77,45(71)31-67)53(41,9)27-43(69)56(39,51)60/h16-19,24-25,32-33,38-43,66-69,75-77H,10-15,20-23,26-31H2,1-9H3,(H,61,74)(H,64,72)(H,65,73)/b62-36+,63-37+/t32-,33-,38+,39+,40+,41+,42+,43+,49?,50+,51+,52+,53+,55+,56+,57+,58+/m1/s1. The lowest BCUT2D eigenvalue weighted by atomic mass is 9.44. The molecule has 0 radical (unpaired) electrons. The molecule has 0 saturated heterocycles. The van der Waals surface area contributed by atoms with Gasteiger partial charge in [-0.15, -0.1) is 0 Å². The highest BCUT2D eigenvalue weighted by atomic mass is 19.1. The van der Waals surface area contributed by atoms with Gasteiger partial charge in [0.2, 0.25) is 11.8 Å². The van der Waals surface area contributed by atoms with E-state index in [9.17, 15) is 59.7 Å². The summed E-state index contributed by atoms with van der Waals surface area (Å²) in [6.45, 7) is 14.5. The molecule has 20 heteroatoms. The quantitative estimate of drug-likeness (QED) is 0.0928. The van der Waals surface area contributed by atoms with Gasteiger partial charge in [0.05, 0.1) is 42.1 Å². The second-order valence-corrected chi connectivity index (χ2v) is 25.5. The van der Waals surface area contributed by atoms with E-state index in [1.165, 1.54) is 12.2 Å². The van der Waals surface area contributed by atoms with Crippen molar-refractivity contribution in [2.45, 2.75) is 185 Å². The van der Waals surface area contributed by atoms with Crippen molar-refractivity contribution in [1.29, 1.82) is 0 Å². The van der Waals surface area contributed by atoms with Gasteiger partial charge in [-0.2, -0.15) is 10.2 Å². The zero-order chi connectivity index (χ0) is 57.6. The van der Waals surface area contributed by atoms with Crippen LogP contribution in [-0.4, -0.2) is 149 Å². The van der Waals surface area contributed by atoms with Gasteiger partial charge in [-0.05, 0) is 140 Å². The molecule has 8 rings (SSSR count). The molecular formula is C58H83F2N5O13. The average molecular weight is 1100 g/mol. The van der Waals surface area contributed by atoms with Crippen LogP contribution in [0, 0.1) is 57.2 Å². The Morgan fingerprint density at radius 1 is 0.718 bits per heavy atom. The number of aliphatic hydroxyl groups excluding tert-OH is 4. The highest BCUT2D eigenvalue weighted by molar-refractivity contribution is 6.07. The summed E-state index contributed by atoms with van der Waals surface area (Å²) >= 11 is 0. The first kappa shape index (κ1) is 59.7. The number of hydrazone groups is 2. The van der Waals surface area contributed by atoms with Gasteiger partial charge in [0.1, 0.15) is 24.4 Å². The maximum Gasteiger partial charge on any atom is 0.253 e. The number of ether oxygens (including phenoxy) is 1. The number of halogens is 2. The first-order chi connectivity index (χ1) is 36.3. The topological polar surface area (TPSA) is 297 Å². The van der Waals surface area contributed by atoms with Crippen molar-refractivity contribution < 1.29 is 73.2 Å². The summed E-state index contributed by atoms with van der Waals surface area (Å²) in [5, 5.41) is 89.9. The Hall–Kier alpha value is -4.41. The van der Waals surface area contributed by atoms with Crippen LogP contribution in [0.15, 0.2) is 57.8 Å². The normalized spacial score (nSPS) is 43.2. The zero-order valence-electron chi connectivity index (χ0n) is 46.6. The number of alkyl halides is 2. The van der Waals surface area contributed by atoms with E-state index in [4.69, 9.17) is 4.74 Å². The second-order valence-electron chi connectivity index (χ2n) is 25.5. The maximum atomic E-state index is 18.0. The predicted octanol–water partition coefficient (Wildman–Crippen LogP) is 3.83. The van der Waals surface area contributed by atoms with E-state index in [1.807, 2.05) is 20.8 Å². The molecule has 10 N–H and O–H groups in total. The summed E-state index contributed by atoms with van der Waals surface area (Å²) in [4.78, 5) is 67.5. The molecule has 18 nitrogen and oxygen atoms in total. The molecule has 0 spiro atoms. The van der Waals surface area contributed by atoms with Crippen molar-refractivity contribution in [2.75, 3.05) is 26.4 Å². The fourth-order valence-corrected chi connectivity index (χ4v) is 17.1. The summed E-state index contributed by atoms with van der Waals surface area (Å²) in [6.07, 6.45) is 6.76. The molecule has 1 unspecified atom stereocenters. The summed E-state index contributed by atoms with van der Waals surface area (Å²) in [6, 6.07) is 0. The third-order valence-electron chi connectivity index (χ3n) is 21.7. The number of carbonyl (C=O) groups is 5. The van der Waals surface area contributed by atoms with Gasteiger partial charge in [0.25, 0.3) is 5.91 Å². The number of aliphatic hydroxyl groups is 7. The van der Waals surface area contributed by atoms with E-state index < -0.39 is 158 Å². The van der Waals surface area contributed by atoms with Gasteiger partial charge in [-0.3, -0.25) is 24.0 Å². The molecule has 6 saturated carbocycles. The Morgan fingerprint density at radius 3 is 1.50 bits per heavy atom. The van der Waals surface area contributed by atoms with Crippen molar-refractivity contribution >= 4 is 40.7 Å². The highest BCUT2D eigenvalue weighted by Crippen LogP contribution is 2.72. The summed E-state index contributed by atoms with van der Waals surface area (Å²) < 4.78 is 41.9. The number of hydrogen-bond donors (Lipinski definition) is 10. The largest absolute Gasteiger partial charge is 0.390 e. The third kappa shape index (κ3) is 8.61. The number of allylic oxidation sites excluding steroid dienone is 8. The van der Waals surface area contributed by atoms with Crippen molar-refractivity contribution in [2.24, 2.45) is 67.4 Å². The van der Waals surface area contributed by atoms with E-state index in [1.54, 1.807) is 65.8 Å². The number of nitrogens with zero attached hydrogens (tertiary/aromatic N) is 2. The molecular weight excluding hydrogens is 1010 g/mol. The zero-order valence-corrected chi connectivity index (χ0v) is 46.6. The molecule has 0 heterocycles. The number of rotatable bonds is 17. The number of nitrogens with one attached hydrogen (secondary N) is 3. The van der Waals surface area contributed by atoms with Gasteiger partial charge < -0.3 is 45.8 Å². The number of ketones is 2. The third-order valence-corrected chi connectivity index (χ3v) is 21.7. The number of Topliss-reactive ketones (excluding diaryl/α,β-unsaturated/α-hetero) is 2. The lowest BCUT2D eigenvalue weighted by molar-refractivity contribution is -0.219. The Morgan fingerprint density at radius 2 is 1.13 bits per heavy atom. The SMILES string of the molecule is CCOC(C)(CC)CCNC(=O)C(O)(CC(=O)N/N=C1\C=C[C@@]2(C)C(=C1)CC[C@H]1[C@@H]3C[C@@H](C)[C@](O)(C(=O)CO)[C@@]3(C)C[C@H](O)[C@@]12F)CC(=O)N/N=C1\C=C[C@@]2(C)C(=C1)CC[C@H]1[C@@H]3C[C@@H](C)[C@](O)(C(=O)CO)[C@@]3(C)C[C@H](O)[C@@]12F. The lowest BCUT2D eigenvalue weighted by Crippen LogP contribution is -2.69. The van der Waals surface area contributed by atoms with E-state index in [2.05, 4.69) is 26.4 Å². The average Bonchev–Trinajstić information content (AvgIpc) is 3.72. The number of carbonyl (C=O) groups excluding carboxylic acids is 5. The molecule has 6 fully saturated rings. The molecule has 0 aromatic rings. The van der Waals surface area contributed by atoms with Gasteiger partial charge in [-0.25, -0.2) is 19.6 Å². The minimum absolute atomic E-state index is 0.0200. The molecule has 0 aliphatic heterocycles. The molecule has 3 amide bonds. The van der Waals surface area contributed by atoms with Crippen LogP contribution >= 0.6 is 0 Å². The molecule has 8 aliphatic rings. The van der Waals surface area contributed by atoms with Crippen LogP contribution in [0.5, 0.6) is 0 Å². The van der Waals surface area contributed by atoms with E-state index in [0.717, 1.165) is 0 Å². The van der Waals surface area contributed by atoms with Crippen molar-refractivity contribution in [3.05, 3.63) is 47.6 Å². The minimum atomic E-state index is -2.64. The number of fused-ring (bicyclic) bond motifs is 10. The van der Waals surface area contributed by atoms with Crippen LogP contribution in [0.1, 0.15) is 139 Å². The number of hydrogen-bond acceptors (Lipinski definition) is 15. The molecule has 432 valence electrons. The van der Waals surface area contributed by atoms with Crippen LogP contribution in [0.25, 0.3) is 0 Å². The minimum Gasteiger partial charge on any atom is -0.390 e.